The van der Waals surface area contributed by atoms with Crippen LogP contribution in [0.4, 0.5) is 4.39 Å². The van der Waals surface area contributed by atoms with Crippen molar-refractivity contribution in [2.24, 2.45) is 0 Å². The van der Waals surface area contributed by atoms with E-state index in [0.717, 1.165) is 12.3 Å². The maximum Gasteiger partial charge on any atom is 0.151 e. The van der Waals surface area contributed by atoms with Crippen LogP contribution in [0, 0.1) is 5.82 Å². The Balaban J connectivity index is 3.04. The summed E-state index contributed by atoms with van der Waals surface area (Å²) in [7, 11) is -3.12. The highest BCUT2D eigenvalue weighted by atomic mass is 35.5. The van der Waals surface area contributed by atoms with Gasteiger partial charge in [0, 0.05) is 11.3 Å². The van der Waals surface area contributed by atoms with Crippen molar-refractivity contribution in [2.75, 3.05) is 6.26 Å². The van der Waals surface area contributed by atoms with Crippen molar-refractivity contribution < 1.29 is 12.8 Å². The minimum Gasteiger partial charge on any atom is -0.229 e. The van der Waals surface area contributed by atoms with Gasteiger partial charge in [-0.25, -0.2) is 12.8 Å². The molecule has 0 saturated heterocycles. The molecule has 1 aromatic rings. The van der Waals surface area contributed by atoms with Crippen LogP contribution < -0.4 is 0 Å². The van der Waals surface area contributed by atoms with Crippen LogP contribution in [0.1, 0.15) is 5.56 Å². The molecule has 0 N–H and O–H groups in total. The van der Waals surface area contributed by atoms with Crippen LogP contribution in [0.15, 0.2) is 18.2 Å². The van der Waals surface area contributed by atoms with Gasteiger partial charge in [-0.1, -0.05) is 17.7 Å². The van der Waals surface area contributed by atoms with Crippen LogP contribution >= 0.6 is 11.6 Å². The summed E-state index contributed by atoms with van der Waals surface area (Å²) in [4.78, 5) is 0. The van der Waals surface area contributed by atoms with Crippen molar-refractivity contribution >= 4 is 21.4 Å². The van der Waals surface area contributed by atoms with Crippen molar-refractivity contribution in [1.29, 1.82) is 0 Å². The van der Waals surface area contributed by atoms with Crippen molar-refractivity contribution in [3.05, 3.63) is 34.6 Å². The van der Waals surface area contributed by atoms with Crippen molar-refractivity contribution in [3.63, 3.8) is 0 Å². The highest BCUT2D eigenvalue weighted by Gasteiger charge is 2.08. The molecule has 0 fully saturated rings. The number of benzene rings is 1. The lowest BCUT2D eigenvalue weighted by Crippen LogP contribution is -2.01. The fourth-order valence-corrected chi connectivity index (χ4v) is 2.05. The Labute approximate surface area is 81.3 Å². The van der Waals surface area contributed by atoms with Gasteiger partial charge in [0.05, 0.1) is 5.75 Å². The number of rotatable bonds is 2. The van der Waals surface area contributed by atoms with E-state index in [9.17, 15) is 12.8 Å². The molecule has 0 aliphatic carbocycles. The number of halogens is 2. The third-order valence-corrected chi connectivity index (χ3v) is 2.62. The number of hydrogen-bond donors (Lipinski definition) is 0. The van der Waals surface area contributed by atoms with Crippen LogP contribution in [-0.2, 0) is 15.6 Å². The summed E-state index contributed by atoms with van der Waals surface area (Å²) in [5.41, 5.74) is 0.422. The Morgan fingerprint density at radius 1 is 1.46 bits per heavy atom. The Bertz CT molecular complexity index is 414. The SMILES string of the molecule is CS(=O)(=O)Cc1ccc(F)cc1Cl. The maximum absolute atomic E-state index is 12.5. The second-order valence-electron chi connectivity index (χ2n) is 2.81. The van der Waals surface area contributed by atoms with Crippen molar-refractivity contribution in [3.8, 4) is 0 Å². The fourth-order valence-electron chi connectivity index (χ4n) is 0.921. The van der Waals surface area contributed by atoms with Gasteiger partial charge in [0.25, 0.3) is 0 Å². The molecule has 0 radical (unpaired) electrons. The van der Waals surface area contributed by atoms with Gasteiger partial charge in [-0.3, -0.25) is 0 Å². The van der Waals surface area contributed by atoms with Crippen LogP contribution in [0.25, 0.3) is 0 Å². The first kappa shape index (κ1) is 10.5. The zero-order valence-electron chi connectivity index (χ0n) is 6.92. The maximum atomic E-state index is 12.5. The van der Waals surface area contributed by atoms with E-state index in [1.807, 2.05) is 0 Å². The summed E-state index contributed by atoms with van der Waals surface area (Å²) >= 11 is 5.63. The number of hydrogen-bond acceptors (Lipinski definition) is 2. The van der Waals surface area contributed by atoms with Gasteiger partial charge in [-0.05, 0) is 17.7 Å². The molecule has 0 saturated carbocycles. The first-order valence-corrected chi connectivity index (χ1v) is 5.94. The molecule has 0 atom stereocenters. The van der Waals surface area contributed by atoms with Gasteiger partial charge in [0.2, 0.25) is 0 Å². The zero-order valence-corrected chi connectivity index (χ0v) is 8.49. The molecule has 0 heterocycles. The largest absolute Gasteiger partial charge is 0.229 e. The van der Waals surface area contributed by atoms with E-state index in [2.05, 4.69) is 0 Å². The molecule has 1 aromatic carbocycles. The molecule has 0 unspecified atom stereocenters. The average molecular weight is 223 g/mol. The molecule has 0 aromatic heterocycles. The van der Waals surface area contributed by atoms with E-state index >= 15 is 0 Å². The molecule has 13 heavy (non-hydrogen) atoms. The van der Waals surface area contributed by atoms with Crippen LogP contribution in [0.3, 0.4) is 0 Å². The molecule has 5 heteroatoms. The van der Waals surface area contributed by atoms with Gasteiger partial charge in [0.15, 0.2) is 9.84 Å². The van der Waals surface area contributed by atoms with Crippen LogP contribution in [0.5, 0.6) is 0 Å². The third kappa shape index (κ3) is 3.32. The Kier molecular flexibility index (Phi) is 2.93. The fraction of sp³-hybridized carbons (Fsp3) is 0.250. The molecule has 1 rings (SSSR count). The highest BCUT2D eigenvalue weighted by Crippen LogP contribution is 2.18. The van der Waals surface area contributed by atoms with Gasteiger partial charge in [-0.2, -0.15) is 0 Å². The predicted octanol–water partition coefficient (Wildman–Crippen LogP) is 2.02. The lowest BCUT2D eigenvalue weighted by molar-refractivity contribution is 0.600. The first-order valence-electron chi connectivity index (χ1n) is 3.50. The minimum absolute atomic E-state index is 0.144. The van der Waals surface area contributed by atoms with E-state index in [-0.39, 0.29) is 10.8 Å². The molecule has 72 valence electrons. The Morgan fingerprint density at radius 3 is 2.54 bits per heavy atom. The quantitative estimate of drug-likeness (QED) is 0.767. The summed E-state index contributed by atoms with van der Waals surface area (Å²) in [5, 5.41) is 0.144. The molecule has 0 bridgehead atoms. The van der Waals surface area contributed by atoms with Crippen LogP contribution in [0.2, 0.25) is 5.02 Å². The second kappa shape index (κ2) is 3.64. The molecule has 0 spiro atoms. The van der Waals surface area contributed by atoms with Crippen molar-refractivity contribution in [2.45, 2.75) is 5.75 Å². The summed E-state index contributed by atoms with van der Waals surface area (Å²) in [6.45, 7) is 0. The third-order valence-electron chi connectivity index (χ3n) is 1.43. The second-order valence-corrected chi connectivity index (χ2v) is 5.35. The zero-order chi connectivity index (χ0) is 10.1. The monoisotopic (exact) mass is 222 g/mol. The van der Waals surface area contributed by atoms with Gasteiger partial charge in [0.1, 0.15) is 5.82 Å². The smallest absolute Gasteiger partial charge is 0.151 e. The standard InChI is InChI=1S/C8H8ClFO2S/c1-13(11,12)5-6-2-3-7(10)4-8(6)9/h2-4H,5H2,1H3. The topological polar surface area (TPSA) is 34.1 Å². The molecular formula is C8H8ClFO2S. The predicted molar refractivity (Wildman–Crippen MR) is 50.0 cm³/mol. The number of sulfone groups is 1. The molecule has 2 nitrogen and oxygen atoms in total. The minimum atomic E-state index is -3.12. The average Bonchev–Trinajstić information content (AvgIpc) is 1.93. The Morgan fingerprint density at radius 2 is 2.08 bits per heavy atom. The summed E-state index contributed by atoms with van der Waals surface area (Å²) in [5.74, 6) is -0.631. The first-order chi connectivity index (χ1) is 5.88. The van der Waals surface area contributed by atoms with E-state index in [0.29, 0.717) is 5.56 Å². The lowest BCUT2D eigenvalue weighted by Gasteiger charge is -2.01. The summed E-state index contributed by atoms with van der Waals surface area (Å²) in [6, 6.07) is 3.66. The molecule has 0 amide bonds. The molecular weight excluding hydrogens is 215 g/mol. The molecule has 0 aliphatic rings. The van der Waals surface area contributed by atoms with Gasteiger partial charge in [-0.15, -0.1) is 0 Å². The molecule has 0 aliphatic heterocycles. The highest BCUT2D eigenvalue weighted by molar-refractivity contribution is 7.89. The van der Waals surface area contributed by atoms with Crippen molar-refractivity contribution in [1.82, 2.24) is 0 Å². The summed E-state index contributed by atoms with van der Waals surface area (Å²) in [6.07, 6.45) is 1.10. The van der Waals surface area contributed by atoms with Crippen LogP contribution in [-0.4, -0.2) is 14.7 Å². The Hall–Kier alpha value is -0.610. The van der Waals surface area contributed by atoms with E-state index < -0.39 is 15.7 Å². The van der Waals surface area contributed by atoms with E-state index in [1.54, 1.807) is 0 Å². The van der Waals surface area contributed by atoms with Gasteiger partial charge < -0.3 is 0 Å². The summed E-state index contributed by atoms with van der Waals surface area (Å²) < 4.78 is 34.3. The van der Waals surface area contributed by atoms with Gasteiger partial charge >= 0.3 is 0 Å². The van der Waals surface area contributed by atoms with E-state index in [1.165, 1.54) is 12.1 Å². The lowest BCUT2D eigenvalue weighted by atomic mass is 10.2. The van der Waals surface area contributed by atoms with E-state index in [4.69, 9.17) is 11.6 Å². The normalized spacial score (nSPS) is 11.6.